The Morgan fingerprint density at radius 1 is 1.14 bits per heavy atom. The minimum Gasteiger partial charge on any atom is -0.444 e. The Morgan fingerprint density at radius 3 is 2.34 bits per heavy atom. The SMILES string of the molecule is CO[C@H]1CCN(Cc2ccc(C=C3CCN(C(=O)OC(C)(C)C)CC3)cc2)C1=O. The Bertz CT molecular complexity index is 754. The predicted octanol–water partition coefficient (Wildman–Crippen LogP) is 3.85. The molecule has 29 heavy (non-hydrogen) atoms. The summed E-state index contributed by atoms with van der Waals surface area (Å²) in [6.07, 6.45) is 4.18. The van der Waals surface area contributed by atoms with Crippen LogP contribution in [0, 0.1) is 0 Å². The van der Waals surface area contributed by atoms with Crippen molar-refractivity contribution in [2.45, 2.75) is 58.3 Å². The van der Waals surface area contributed by atoms with Crippen LogP contribution in [0.5, 0.6) is 0 Å². The van der Waals surface area contributed by atoms with E-state index in [0.29, 0.717) is 19.6 Å². The second kappa shape index (κ2) is 8.99. The first-order chi connectivity index (χ1) is 13.7. The van der Waals surface area contributed by atoms with Crippen LogP contribution in [0.15, 0.2) is 29.8 Å². The average molecular weight is 401 g/mol. The molecule has 2 saturated heterocycles. The highest BCUT2D eigenvalue weighted by Crippen LogP contribution is 2.22. The highest BCUT2D eigenvalue weighted by atomic mass is 16.6. The summed E-state index contributed by atoms with van der Waals surface area (Å²) in [4.78, 5) is 28.0. The van der Waals surface area contributed by atoms with Crippen molar-refractivity contribution in [2.24, 2.45) is 0 Å². The molecule has 0 bridgehead atoms. The van der Waals surface area contributed by atoms with Gasteiger partial charge in [-0.3, -0.25) is 4.79 Å². The molecule has 2 aliphatic rings. The molecule has 0 unspecified atom stereocenters. The van der Waals surface area contributed by atoms with Crippen LogP contribution in [0.1, 0.15) is 51.2 Å². The van der Waals surface area contributed by atoms with Crippen molar-refractivity contribution in [1.82, 2.24) is 9.80 Å². The Kier molecular flexibility index (Phi) is 6.63. The number of methoxy groups -OCH3 is 1. The molecule has 2 aliphatic heterocycles. The minimum atomic E-state index is -0.459. The van der Waals surface area contributed by atoms with E-state index in [2.05, 4.69) is 30.3 Å². The molecule has 0 aliphatic carbocycles. The number of benzene rings is 1. The lowest BCUT2D eigenvalue weighted by Crippen LogP contribution is -2.40. The van der Waals surface area contributed by atoms with Crippen molar-refractivity contribution in [2.75, 3.05) is 26.7 Å². The second-order valence-corrected chi connectivity index (χ2v) is 8.78. The van der Waals surface area contributed by atoms with Crippen molar-refractivity contribution in [1.29, 1.82) is 0 Å². The van der Waals surface area contributed by atoms with Crippen LogP contribution in [-0.2, 0) is 20.8 Å². The molecule has 1 atom stereocenters. The van der Waals surface area contributed by atoms with Crippen LogP contribution in [0.2, 0.25) is 0 Å². The summed E-state index contributed by atoms with van der Waals surface area (Å²) >= 11 is 0. The van der Waals surface area contributed by atoms with Gasteiger partial charge in [0.05, 0.1) is 0 Å². The lowest BCUT2D eigenvalue weighted by molar-refractivity contribution is -0.136. The summed E-state index contributed by atoms with van der Waals surface area (Å²) in [5.74, 6) is 0.0791. The lowest BCUT2D eigenvalue weighted by Gasteiger charge is -2.31. The van der Waals surface area contributed by atoms with Gasteiger partial charge in [-0.2, -0.15) is 0 Å². The maximum absolute atomic E-state index is 12.2. The van der Waals surface area contributed by atoms with Crippen LogP contribution in [0.25, 0.3) is 6.08 Å². The first kappa shape index (κ1) is 21.4. The van der Waals surface area contributed by atoms with E-state index >= 15 is 0 Å². The number of rotatable bonds is 4. The largest absolute Gasteiger partial charge is 0.444 e. The Balaban J connectivity index is 1.52. The molecule has 2 fully saturated rings. The van der Waals surface area contributed by atoms with Gasteiger partial charge in [0.15, 0.2) is 0 Å². The normalized spacial score (nSPS) is 20.2. The summed E-state index contributed by atoms with van der Waals surface area (Å²) in [5.41, 5.74) is 3.16. The third-order valence-corrected chi connectivity index (χ3v) is 5.31. The zero-order valence-corrected chi connectivity index (χ0v) is 17.9. The summed E-state index contributed by atoms with van der Waals surface area (Å²) in [7, 11) is 1.59. The van der Waals surface area contributed by atoms with E-state index in [1.165, 1.54) is 5.57 Å². The van der Waals surface area contributed by atoms with Crippen molar-refractivity contribution >= 4 is 18.1 Å². The number of piperidine rings is 1. The zero-order chi connectivity index (χ0) is 21.0. The lowest BCUT2D eigenvalue weighted by atomic mass is 10.0. The highest BCUT2D eigenvalue weighted by Gasteiger charge is 2.31. The molecule has 6 nitrogen and oxygen atoms in total. The van der Waals surface area contributed by atoms with Crippen molar-refractivity contribution in [3.8, 4) is 0 Å². The van der Waals surface area contributed by atoms with Crippen molar-refractivity contribution in [3.05, 3.63) is 41.0 Å². The Hall–Kier alpha value is -2.34. The number of ether oxygens (including phenoxy) is 2. The monoisotopic (exact) mass is 400 g/mol. The number of hydrogen-bond acceptors (Lipinski definition) is 4. The Morgan fingerprint density at radius 2 is 1.79 bits per heavy atom. The number of nitrogens with zero attached hydrogens (tertiary/aromatic N) is 2. The van der Waals surface area contributed by atoms with E-state index in [1.54, 1.807) is 12.0 Å². The molecule has 1 aromatic carbocycles. The standard InChI is InChI=1S/C23H32N2O4/c1-23(2,3)29-22(27)24-12-9-18(10-13-24)15-17-5-7-19(8-6-17)16-25-14-11-20(28-4)21(25)26/h5-8,15,20H,9-14,16H2,1-4H3/t20-/m0/s1. The van der Waals surface area contributed by atoms with E-state index in [4.69, 9.17) is 9.47 Å². The average Bonchev–Trinajstić information content (AvgIpc) is 3.02. The molecule has 0 saturated carbocycles. The van der Waals surface area contributed by atoms with Gasteiger partial charge in [-0.1, -0.05) is 35.9 Å². The fourth-order valence-corrected chi connectivity index (χ4v) is 3.71. The first-order valence-electron chi connectivity index (χ1n) is 10.3. The maximum atomic E-state index is 12.2. The number of amides is 2. The van der Waals surface area contributed by atoms with Gasteiger partial charge in [0.2, 0.25) is 0 Å². The van der Waals surface area contributed by atoms with Crippen LogP contribution >= 0.6 is 0 Å². The maximum Gasteiger partial charge on any atom is 0.410 e. The number of carbonyl (C=O) groups excluding carboxylic acids is 2. The molecule has 0 spiro atoms. The van der Waals surface area contributed by atoms with Gasteiger partial charge in [-0.05, 0) is 44.7 Å². The van der Waals surface area contributed by atoms with E-state index in [-0.39, 0.29) is 18.1 Å². The molecule has 2 amide bonds. The zero-order valence-electron chi connectivity index (χ0n) is 17.9. The van der Waals surface area contributed by atoms with Gasteiger partial charge in [-0.15, -0.1) is 0 Å². The van der Waals surface area contributed by atoms with E-state index in [9.17, 15) is 9.59 Å². The van der Waals surface area contributed by atoms with Crippen LogP contribution < -0.4 is 0 Å². The molecule has 158 valence electrons. The number of carbonyl (C=O) groups is 2. The van der Waals surface area contributed by atoms with Gasteiger partial charge in [-0.25, -0.2) is 4.79 Å². The first-order valence-corrected chi connectivity index (χ1v) is 10.3. The number of hydrogen-bond donors (Lipinski definition) is 0. The molecular formula is C23H32N2O4. The van der Waals surface area contributed by atoms with Gasteiger partial charge < -0.3 is 19.3 Å². The summed E-state index contributed by atoms with van der Waals surface area (Å²) in [5, 5.41) is 0. The van der Waals surface area contributed by atoms with Crippen LogP contribution in [0.3, 0.4) is 0 Å². The molecule has 0 radical (unpaired) electrons. The van der Waals surface area contributed by atoms with E-state index in [1.807, 2.05) is 25.7 Å². The number of likely N-dealkylation sites (tertiary alicyclic amines) is 2. The predicted molar refractivity (Wildman–Crippen MR) is 112 cm³/mol. The van der Waals surface area contributed by atoms with Gasteiger partial charge >= 0.3 is 6.09 Å². The third kappa shape index (κ3) is 5.82. The molecule has 0 aromatic heterocycles. The molecule has 6 heteroatoms. The molecule has 2 heterocycles. The fourth-order valence-electron chi connectivity index (χ4n) is 3.71. The topological polar surface area (TPSA) is 59.1 Å². The van der Waals surface area contributed by atoms with Crippen molar-refractivity contribution in [3.63, 3.8) is 0 Å². The summed E-state index contributed by atoms with van der Waals surface area (Å²) in [6.45, 7) is 8.42. The van der Waals surface area contributed by atoms with Gasteiger partial charge in [0.25, 0.3) is 5.91 Å². The van der Waals surface area contributed by atoms with Gasteiger partial charge in [0.1, 0.15) is 11.7 Å². The van der Waals surface area contributed by atoms with Crippen molar-refractivity contribution < 1.29 is 19.1 Å². The molecule has 1 aromatic rings. The third-order valence-electron chi connectivity index (χ3n) is 5.31. The quantitative estimate of drug-likeness (QED) is 0.770. The van der Waals surface area contributed by atoms with Gasteiger partial charge in [0, 0.05) is 39.7 Å². The van der Waals surface area contributed by atoms with Crippen LogP contribution in [0.4, 0.5) is 4.79 Å². The summed E-state index contributed by atoms with van der Waals surface area (Å²) in [6, 6.07) is 8.35. The summed E-state index contributed by atoms with van der Waals surface area (Å²) < 4.78 is 10.7. The molecule has 0 N–H and O–H groups in total. The minimum absolute atomic E-state index is 0.0791. The Labute approximate surface area is 173 Å². The fraction of sp³-hybridized carbons (Fsp3) is 0.565. The smallest absolute Gasteiger partial charge is 0.410 e. The van der Waals surface area contributed by atoms with E-state index in [0.717, 1.165) is 36.9 Å². The molecule has 3 rings (SSSR count). The molecular weight excluding hydrogens is 368 g/mol. The highest BCUT2D eigenvalue weighted by molar-refractivity contribution is 5.83. The second-order valence-electron chi connectivity index (χ2n) is 8.78. The van der Waals surface area contributed by atoms with E-state index < -0.39 is 5.60 Å². The van der Waals surface area contributed by atoms with Crippen LogP contribution in [-0.4, -0.2) is 60.2 Å².